The van der Waals surface area contributed by atoms with Gasteiger partial charge in [0.05, 0.1) is 25.6 Å². The van der Waals surface area contributed by atoms with Gasteiger partial charge in [0.1, 0.15) is 0 Å². The standard InChI is InChI=1S/C23H18Cl3N3O2S2/c1-11(2)32-22-19(14-6-9-16(25)17(26)10-14)27-23(33-22)29-20(21(30)31)18(12(3)28-29)13-4-7-15(24)8-5-13/h4-11H,1-3H3,(H,30,31). The quantitative estimate of drug-likeness (QED) is 0.251. The topological polar surface area (TPSA) is 68.0 Å². The molecule has 4 rings (SSSR count). The molecule has 0 unspecified atom stereocenters. The number of nitrogens with zero attached hydrogens (tertiary/aromatic N) is 3. The maximum atomic E-state index is 12.3. The predicted molar refractivity (Wildman–Crippen MR) is 138 cm³/mol. The second-order valence-corrected chi connectivity index (χ2v) is 11.5. The fourth-order valence-corrected chi connectivity index (χ4v) is 6.23. The van der Waals surface area contributed by atoms with Gasteiger partial charge < -0.3 is 5.11 Å². The van der Waals surface area contributed by atoms with Gasteiger partial charge in [-0.25, -0.2) is 9.78 Å². The maximum Gasteiger partial charge on any atom is 0.355 e. The van der Waals surface area contributed by atoms with Gasteiger partial charge in [-0.2, -0.15) is 9.78 Å². The second kappa shape index (κ2) is 9.68. The van der Waals surface area contributed by atoms with Crippen LogP contribution in [0, 0.1) is 6.92 Å². The zero-order valence-corrected chi connectivity index (χ0v) is 21.7. The molecule has 1 N–H and O–H groups in total. The van der Waals surface area contributed by atoms with Gasteiger partial charge in [-0.1, -0.05) is 78.2 Å². The fourth-order valence-electron chi connectivity index (χ4n) is 3.33. The van der Waals surface area contributed by atoms with Gasteiger partial charge in [0, 0.05) is 21.4 Å². The van der Waals surface area contributed by atoms with Crippen LogP contribution in [0.2, 0.25) is 15.1 Å². The number of aromatic nitrogens is 3. The Bertz CT molecular complexity index is 1350. The lowest BCUT2D eigenvalue weighted by molar-refractivity contribution is 0.0688. The molecule has 0 amide bonds. The molecule has 2 aromatic carbocycles. The monoisotopic (exact) mass is 537 g/mol. The van der Waals surface area contributed by atoms with Crippen molar-refractivity contribution in [2.75, 3.05) is 0 Å². The normalized spacial score (nSPS) is 11.4. The number of thioether (sulfide) groups is 1. The molecule has 170 valence electrons. The van der Waals surface area contributed by atoms with E-state index < -0.39 is 5.97 Å². The molecule has 2 heterocycles. The van der Waals surface area contributed by atoms with Crippen LogP contribution in [0.1, 0.15) is 30.0 Å². The Hall–Kier alpha value is -2.03. The third-order valence-electron chi connectivity index (χ3n) is 4.70. The van der Waals surface area contributed by atoms with E-state index >= 15 is 0 Å². The molecule has 10 heteroatoms. The molecule has 0 aliphatic heterocycles. The van der Waals surface area contributed by atoms with Crippen molar-refractivity contribution in [3.63, 3.8) is 0 Å². The van der Waals surface area contributed by atoms with Crippen molar-refractivity contribution < 1.29 is 9.90 Å². The maximum absolute atomic E-state index is 12.3. The van der Waals surface area contributed by atoms with Gasteiger partial charge in [0.2, 0.25) is 5.13 Å². The van der Waals surface area contributed by atoms with Crippen molar-refractivity contribution >= 4 is 63.9 Å². The van der Waals surface area contributed by atoms with Gasteiger partial charge in [-0.15, -0.1) is 11.8 Å². The molecular formula is C23H18Cl3N3O2S2. The van der Waals surface area contributed by atoms with Crippen LogP contribution >= 0.6 is 57.9 Å². The van der Waals surface area contributed by atoms with Gasteiger partial charge in [-0.05, 0) is 36.8 Å². The second-order valence-electron chi connectivity index (χ2n) is 7.46. The van der Waals surface area contributed by atoms with Gasteiger partial charge in [0.25, 0.3) is 0 Å². The molecule has 33 heavy (non-hydrogen) atoms. The van der Waals surface area contributed by atoms with Gasteiger partial charge in [0.15, 0.2) is 5.69 Å². The van der Waals surface area contributed by atoms with Crippen LogP contribution in [-0.4, -0.2) is 31.1 Å². The third kappa shape index (κ3) is 4.93. The molecule has 5 nitrogen and oxygen atoms in total. The summed E-state index contributed by atoms with van der Waals surface area (Å²) < 4.78 is 2.34. The van der Waals surface area contributed by atoms with Crippen molar-refractivity contribution in [3.8, 4) is 27.5 Å². The highest BCUT2D eigenvalue weighted by Gasteiger charge is 2.26. The van der Waals surface area contributed by atoms with Crippen molar-refractivity contribution in [3.05, 3.63) is 68.9 Å². The lowest BCUT2D eigenvalue weighted by atomic mass is 10.0. The number of carboxylic acids is 1. The Morgan fingerprint density at radius 1 is 1.06 bits per heavy atom. The third-order valence-corrected chi connectivity index (χ3v) is 7.93. The molecule has 0 aliphatic rings. The van der Waals surface area contributed by atoms with E-state index in [9.17, 15) is 9.90 Å². The molecule has 4 aromatic rings. The Balaban J connectivity index is 1.91. The summed E-state index contributed by atoms with van der Waals surface area (Å²) in [5.74, 6) is -1.09. The number of rotatable bonds is 6. The average molecular weight is 539 g/mol. The number of aryl methyl sites for hydroxylation is 1. The number of benzene rings is 2. The van der Waals surface area contributed by atoms with Crippen molar-refractivity contribution in [2.45, 2.75) is 30.2 Å². The Morgan fingerprint density at radius 3 is 2.33 bits per heavy atom. The Kier molecular flexibility index (Phi) is 7.07. The van der Waals surface area contributed by atoms with Gasteiger partial charge in [-0.3, -0.25) is 0 Å². The Morgan fingerprint density at radius 2 is 1.73 bits per heavy atom. The first kappa shape index (κ1) is 24.1. The summed E-state index contributed by atoms with van der Waals surface area (Å²) in [7, 11) is 0. The minimum Gasteiger partial charge on any atom is -0.476 e. The number of hydrogen-bond donors (Lipinski definition) is 1. The van der Waals surface area contributed by atoms with E-state index in [1.165, 1.54) is 16.0 Å². The highest BCUT2D eigenvalue weighted by Crippen LogP contribution is 2.42. The lowest BCUT2D eigenvalue weighted by Crippen LogP contribution is -2.09. The summed E-state index contributed by atoms with van der Waals surface area (Å²) in [6, 6.07) is 12.4. The number of aromatic carboxylic acids is 1. The Labute approximate surface area is 214 Å². The zero-order valence-electron chi connectivity index (χ0n) is 17.8. The van der Waals surface area contributed by atoms with Crippen LogP contribution in [0.3, 0.4) is 0 Å². The molecule has 0 saturated heterocycles. The fraction of sp³-hybridized carbons (Fsp3) is 0.174. The van der Waals surface area contributed by atoms with Gasteiger partial charge >= 0.3 is 5.97 Å². The number of carbonyl (C=O) groups is 1. The highest BCUT2D eigenvalue weighted by molar-refractivity contribution is 8.01. The summed E-state index contributed by atoms with van der Waals surface area (Å²) in [4.78, 5) is 17.1. The van der Waals surface area contributed by atoms with E-state index in [1.54, 1.807) is 55.1 Å². The zero-order chi connectivity index (χ0) is 23.9. The van der Waals surface area contributed by atoms with E-state index in [2.05, 4.69) is 18.9 Å². The van der Waals surface area contributed by atoms with E-state index in [0.717, 1.165) is 15.3 Å². The lowest BCUT2D eigenvalue weighted by Gasteiger charge is -2.05. The summed E-state index contributed by atoms with van der Waals surface area (Å²) in [6.45, 7) is 5.95. The van der Waals surface area contributed by atoms with Crippen LogP contribution in [0.15, 0.2) is 46.7 Å². The number of carboxylic acid groups (broad SMARTS) is 1. The SMILES string of the molecule is Cc1nn(-c2nc(-c3ccc(Cl)c(Cl)c3)c(SC(C)C)s2)c(C(=O)O)c1-c1ccc(Cl)cc1. The molecule has 0 atom stereocenters. The summed E-state index contributed by atoms with van der Waals surface area (Å²) in [5.41, 5.74) is 3.39. The van der Waals surface area contributed by atoms with Crippen molar-refractivity contribution in [1.82, 2.24) is 14.8 Å². The van der Waals surface area contributed by atoms with Crippen molar-refractivity contribution in [2.24, 2.45) is 0 Å². The summed E-state index contributed by atoms with van der Waals surface area (Å²) in [5, 5.41) is 16.9. The largest absolute Gasteiger partial charge is 0.476 e. The summed E-state index contributed by atoms with van der Waals surface area (Å²) >= 11 is 21.4. The predicted octanol–water partition coefficient (Wildman–Crippen LogP) is 8.13. The molecule has 0 spiro atoms. The minimum absolute atomic E-state index is 0.0466. The van der Waals surface area contributed by atoms with Crippen LogP contribution in [-0.2, 0) is 0 Å². The minimum atomic E-state index is -1.09. The van der Waals surface area contributed by atoms with E-state index in [0.29, 0.717) is 42.4 Å². The molecule has 0 fully saturated rings. The molecule has 0 radical (unpaired) electrons. The summed E-state index contributed by atoms with van der Waals surface area (Å²) in [6.07, 6.45) is 0. The van der Waals surface area contributed by atoms with Crippen molar-refractivity contribution in [1.29, 1.82) is 0 Å². The molecule has 0 saturated carbocycles. The van der Waals surface area contributed by atoms with Crippen LogP contribution in [0.4, 0.5) is 0 Å². The van der Waals surface area contributed by atoms with E-state index in [4.69, 9.17) is 39.8 Å². The first-order chi connectivity index (χ1) is 15.7. The van der Waals surface area contributed by atoms with Crippen LogP contribution in [0.5, 0.6) is 0 Å². The van der Waals surface area contributed by atoms with E-state index in [-0.39, 0.29) is 5.69 Å². The first-order valence-electron chi connectivity index (χ1n) is 9.87. The number of thiazole rings is 1. The molecule has 0 aliphatic carbocycles. The average Bonchev–Trinajstić information content (AvgIpc) is 3.31. The van der Waals surface area contributed by atoms with Crippen LogP contribution < -0.4 is 0 Å². The number of hydrogen-bond acceptors (Lipinski definition) is 5. The van der Waals surface area contributed by atoms with Crippen LogP contribution in [0.25, 0.3) is 27.5 Å². The first-order valence-corrected chi connectivity index (χ1v) is 12.7. The number of halogens is 3. The smallest absolute Gasteiger partial charge is 0.355 e. The molecule has 2 aromatic heterocycles. The highest BCUT2D eigenvalue weighted by atomic mass is 35.5. The molecule has 0 bridgehead atoms. The van der Waals surface area contributed by atoms with E-state index in [1.807, 2.05) is 6.07 Å². The molecular weight excluding hydrogens is 521 g/mol.